The predicted octanol–water partition coefficient (Wildman–Crippen LogP) is 2.42. The van der Waals surface area contributed by atoms with Crippen molar-refractivity contribution in [3.05, 3.63) is 36.4 Å². The Morgan fingerprint density at radius 1 is 1.32 bits per heavy atom. The average molecular weight is 257 g/mol. The molecule has 0 atom stereocenters. The van der Waals surface area contributed by atoms with Crippen molar-refractivity contribution in [2.75, 3.05) is 31.4 Å². The van der Waals surface area contributed by atoms with Gasteiger partial charge in [-0.15, -0.1) is 6.58 Å². The average Bonchev–Trinajstić information content (AvgIpc) is 2.36. The molecule has 0 aliphatic rings. The van der Waals surface area contributed by atoms with Crippen LogP contribution in [0.3, 0.4) is 0 Å². The minimum absolute atomic E-state index is 0.598. The van der Waals surface area contributed by atoms with Crippen LogP contribution in [-0.2, 0) is 0 Å². The molecule has 19 heavy (non-hydrogen) atoms. The van der Waals surface area contributed by atoms with Gasteiger partial charge in [0.2, 0.25) is 5.95 Å². The fraction of sp³-hybridized carbons (Fsp3) is 0.286. The second-order valence-electron chi connectivity index (χ2n) is 4.59. The van der Waals surface area contributed by atoms with Gasteiger partial charge in [0, 0.05) is 26.0 Å². The zero-order valence-corrected chi connectivity index (χ0v) is 11.6. The molecule has 0 spiro atoms. The van der Waals surface area contributed by atoms with Crippen molar-refractivity contribution in [3.63, 3.8) is 0 Å². The first-order chi connectivity index (χ1) is 9.10. The van der Waals surface area contributed by atoms with E-state index in [1.54, 1.807) is 6.08 Å². The molecular weight excluding hydrogens is 238 g/mol. The van der Waals surface area contributed by atoms with E-state index in [-0.39, 0.29) is 0 Å². The highest BCUT2D eigenvalue weighted by Crippen LogP contribution is 2.23. The fourth-order valence-electron chi connectivity index (χ4n) is 1.78. The van der Waals surface area contributed by atoms with Crippen molar-refractivity contribution in [3.8, 4) is 0 Å². The Kier molecular flexibility index (Phi) is 3.97. The molecule has 1 aromatic heterocycles. The summed E-state index contributed by atoms with van der Waals surface area (Å²) in [6, 6.07) is 6.14. The predicted molar refractivity (Wildman–Crippen MR) is 80.3 cm³/mol. The van der Waals surface area contributed by atoms with E-state index in [4.69, 9.17) is 0 Å². The topological polar surface area (TPSA) is 53.1 Å². The lowest BCUT2D eigenvalue weighted by Gasteiger charge is -2.16. The third-order valence-corrected chi connectivity index (χ3v) is 2.59. The molecule has 0 saturated heterocycles. The Morgan fingerprint density at radius 2 is 2.11 bits per heavy atom. The van der Waals surface area contributed by atoms with Crippen LogP contribution in [0, 0.1) is 6.92 Å². The summed E-state index contributed by atoms with van der Waals surface area (Å²) in [5.74, 6) is 1.39. The first-order valence-corrected chi connectivity index (χ1v) is 6.17. The third kappa shape index (κ3) is 3.20. The number of fused-ring (bicyclic) bond motifs is 1. The van der Waals surface area contributed by atoms with Gasteiger partial charge in [-0.2, -0.15) is 4.98 Å². The zero-order chi connectivity index (χ0) is 13.8. The van der Waals surface area contributed by atoms with E-state index in [0.29, 0.717) is 12.5 Å². The Morgan fingerprint density at radius 3 is 2.79 bits per heavy atom. The van der Waals surface area contributed by atoms with Gasteiger partial charge in [-0.3, -0.25) is 0 Å². The second kappa shape index (κ2) is 5.67. The van der Waals surface area contributed by atoms with Gasteiger partial charge < -0.3 is 10.7 Å². The summed E-state index contributed by atoms with van der Waals surface area (Å²) in [7, 11) is 3.86. The molecule has 0 amide bonds. The van der Waals surface area contributed by atoms with E-state index in [1.807, 2.05) is 31.2 Å². The number of nitrogens with zero attached hydrogens (tertiary/aromatic N) is 3. The minimum Gasteiger partial charge on any atom is -0.351 e. The highest BCUT2D eigenvalue weighted by Gasteiger charge is 2.08. The van der Waals surface area contributed by atoms with Crippen LogP contribution in [0.5, 0.6) is 0 Å². The number of hydrogen-bond donors (Lipinski definition) is 2. The van der Waals surface area contributed by atoms with Crippen molar-refractivity contribution in [1.82, 2.24) is 15.0 Å². The maximum Gasteiger partial charge on any atom is 0.225 e. The first kappa shape index (κ1) is 13.3. The first-order valence-electron chi connectivity index (χ1n) is 6.17. The summed E-state index contributed by atoms with van der Waals surface area (Å²) in [5, 5.41) is 5.99. The standard InChI is InChI=1S/C14H19N5/c1-5-8-15-14-16-12-7-6-10(2)9-11(12)13(17-14)18-19(3)4/h5-7,9H,1,8H2,2-4H3,(H2,15,16,17,18). The molecule has 2 rings (SSSR count). The number of hydrogen-bond acceptors (Lipinski definition) is 5. The van der Waals surface area contributed by atoms with Gasteiger partial charge in [-0.25, -0.2) is 9.99 Å². The molecule has 0 aliphatic carbocycles. The number of nitrogens with one attached hydrogen (secondary N) is 2. The van der Waals surface area contributed by atoms with Crippen molar-refractivity contribution in [2.45, 2.75) is 6.92 Å². The van der Waals surface area contributed by atoms with Crippen LogP contribution in [0.4, 0.5) is 11.8 Å². The molecule has 0 fully saturated rings. The van der Waals surface area contributed by atoms with Crippen molar-refractivity contribution in [1.29, 1.82) is 0 Å². The van der Waals surface area contributed by atoms with Crippen LogP contribution in [0.25, 0.3) is 10.9 Å². The van der Waals surface area contributed by atoms with E-state index in [0.717, 1.165) is 16.7 Å². The summed E-state index contributed by atoms with van der Waals surface area (Å²) in [5.41, 5.74) is 5.31. The van der Waals surface area contributed by atoms with Crippen LogP contribution < -0.4 is 10.7 Å². The quantitative estimate of drug-likeness (QED) is 0.636. The number of benzene rings is 1. The van der Waals surface area contributed by atoms with Crippen molar-refractivity contribution >= 4 is 22.7 Å². The summed E-state index contributed by atoms with van der Waals surface area (Å²) < 4.78 is 0. The number of rotatable bonds is 5. The maximum atomic E-state index is 4.50. The molecule has 0 bridgehead atoms. The van der Waals surface area contributed by atoms with E-state index in [9.17, 15) is 0 Å². The molecule has 0 radical (unpaired) electrons. The highest BCUT2D eigenvalue weighted by molar-refractivity contribution is 5.90. The van der Waals surface area contributed by atoms with E-state index in [2.05, 4.69) is 40.3 Å². The number of aryl methyl sites for hydroxylation is 1. The fourth-order valence-corrected chi connectivity index (χ4v) is 1.78. The normalized spacial score (nSPS) is 10.7. The Hall–Kier alpha value is -2.14. The molecule has 0 aliphatic heterocycles. The van der Waals surface area contributed by atoms with E-state index >= 15 is 0 Å². The van der Waals surface area contributed by atoms with Crippen LogP contribution in [0.15, 0.2) is 30.9 Å². The van der Waals surface area contributed by atoms with Crippen LogP contribution in [0.1, 0.15) is 5.56 Å². The SMILES string of the molecule is C=CCNc1nc(NN(C)C)c2cc(C)ccc2n1. The Labute approximate surface area is 113 Å². The highest BCUT2D eigenvalue weighted by atomic mass is 15.5. The van der Waals surface area contributed by atoms with Gasteiger partial charge in [0.15, 0.2) is 5.82 Å². The van der Waals surface area contributed by atoms with Gasteiger partial charge >= 0.3 is 0 Å². The van der Waals surface area contributed by atoms with Crippen LogP contribution in [-0.4, -0.2) is 35.6 Å². The summed E-state index contributed by atoms with van der Waals surface area (Å²) in [4.78, 5) is 8.99. The van der Waals surface area contributed by atoms with Gasteiger partial charge in [0.05, 0.1) is 5.52 Å². The molecule has 5 nitrogen and oxygen atoms in total. The van der Waals surface area contributed by atoms with Crippen molar-refractivity contribution in [2.24, 2.45) is 0 Å². The lowest BCUT2D eigenvalue weighted by Crippen LogP contribution is -2.21. The lowest BCUT2D eigenvalue weighted by atomic mass is 10.1. The third-order valence-electron chi connectivity index (χ3n) is 2.59. The zero-order valence-electron chi connectivity index (χ0n) is 11.6. The van der Waals surface area contributed by atoms with Crippen LogP contribution >= 0.6 is 0 Å². The summed E-state index contributed by atoms with van der Waals surface area (Å²) in [6.45, 7) is 6.37. The Bertz CT molecular complexity index is 592. The molecule has 5 heteroatoms. The van der Waals surface area contributed by atoms with Gasteiger partial charge in [-0.1, -0.05) is 17.7 Å². The van der Waals surface area contributed by atoms with Crippen LogP contribution in [0.2, 0.25) is 0 Å². The molecule has 0 saturated carbocycles. The van der Waals surface area contributed by atoms with Crippen molar-refractivity contribution < 1.29 is 0 Å². The van der Waals surface area contributed by atoms with Gasteiger partial charge in [-0.05, 0) is 19.1 Å². The van der Waals surface area contributed by atoms with E-state index in [1.165, 1.54) is 5.56 Å². The molecule has 0 unspecified atom stereocenters. The number of aromatic nitrogens is 2. The second-order valence-corrected chi connectivity index (χ2v) is 4.59. The number of anilines is 2. The minimum atomic E-state index is 0.598. The molecule has 2 aromatic rings. The summed E-state index contributed by atoms with van der Waals surface area (Å²) >= 11 is 0. The monoisotopic (exact) mass is 257 g/mol. The number of hydrazine groups is 1. The molecule has 2 N–H and O–H groups in total. The van der Waals surface area contributed by atoms with E-state index < -0.39 is 0 Å². The van der Waals surface area contributed by atoms with Gasteiger partial charge in [0.1, 0.15) is 0 Å². The molecular formula is C14H19N5. The summed E-state index contributed by atoms with van der Waals surface area (Å²) in [6.07, 6.45) is 1.78. The maximum absolute atomic E-state index is 4.50. The lowest BCUT2D eigenvalue weighted by molar-refractivity contribution is 0.493. The molecule has 1 aromatic carbocycles. The molecule has 100 valence electrons. The smallest absolute Gasteiger partial charge is 0.225 e. The van der Waals surface area contributed by atoms with Gasteiger partial charge in [0.25, 0.3) is 0 Å². The molecule has 1 heterocycles. The Balaban J connectivity index is 2.51. The largest absolute Gasteiger partial charge is 0.351 e.